The fourth-order valence-electron chi connectivity index (χ4n) is 2.67. The lowest BCUT2D eigenvalue weighted by Crippen LogP contribution is -2.45. The van der Waals surface area contributed by atoms with Crippen LogP contribution >= 0.6 is 11.6 Å². The highest BCUT2D eigenvalue weighted by Crippen LogP contribution is 2.19. The normalized spacial score (nSPS) is 17.8. The molecule has 7 heteroatoms. The Labute approximate surface area is 144 Å². The van der Waals surface area contributed by atoms with Crippen molar-refractivity contribution in [2.24, 2.45) is 0 Å². The van der Waals surface area contributed by atoms with Gasteiger partial charge in [0.25, 0.3) is 5.91 Å². The third-order valence-electron chi connectivity index (χ3n) is 3.96. The summed E-state index contributed by atoms with van der Waals surface area (Å²) in [6.07, 6.45) is 4.71. The highest BCUT2D eigenvalue weighted by atomic mass is 35.5. The quantitative estimate of drug-likeness (QED) is 0.851. The topological polar surface area (TPSA) is 55.3 Å². The molecule has 2 heterocycles. The minimum Gasteiger partial charge on any atom is -0.375 e. The molecule has 1 fully saturated rings. The molecule has 5 nitrogen and oxygen atoms in total. The molecule has 0 radical (unpaired) electrons. The average Bonchev–Trinajstić information content (AvgIpc) is 2.63. The van der Waals surface area contributed by atoms with Gasteiger partial charge >= 0.3 is 0 Å². The number of aryl methyl sites for hydroxylation is 1. The number of morpholine rings is 1. The summed E-state index contributed by atoms with van der Waals surface area (Å²) in [6, 6.07) is 5.90. The molecule has 1 aliphatic rings. The van der Waals surface area contributed by atoms with Gasteiger partial charge in [-0.25, -0.2) is 14.4 Å². The van der Waals surface area contributed by atoms with E-state index in [1.807, 2.05) is 6.07 Å². The van der Waals surface area contributed by atoms with E-state index in [-0.39, 0.29) is 17.0 Å². The molecule has 1 aromatic carbocycles. The van der Waals surface area contributed by atoms with Crippen molar-refractivity contribution in [2.45, 2.75) is 18.9 Å². The standard InChI is InChI=1S/C17H17ClFN3O2/c18-15-9-12(1-4-16(15)19)17(23)22-7-8-24-14(10-22)3-2-13-5-6-20-11-21-13/h1,4-6,9,11,14H,2-3,7-8,10H2. The second-order valence-corrected chi connectivity index (χ2v) is 6.02. The van der Waals surface area contributed by atoms with Crippen molar-refractivity contribution in [2.75, 3.05) is 19.7 Å². The second-order valence-electron chi connectivity index (χ2n) is 5.61. The molecule has 1 saturated heterocycles. The average molecular weight is 350 g/mol. The largest absolute Gasteiger partial charge is 0.375 e. The Morgan fingerprint density at radius 2 is 2.29 bits per heavy atom. The summed E-state index contributed by atoms with van der Waals surface area (Å²) in [4.78, 5) is 22.3. The van der Waals surface area contributed by atoms with Crippen LogP contribution in [0.4, 0.5) is 4.39 Å². The van der Waals surface area contributed by atoms with E-state index in [4.69, 9.17) is 16.3 Å². The van der Waals surface area contributed by atoms with E-state index >= 15 is 0 Å². The van der Waals surface area contributed by atoms with Crippen LogP contribution in [0.1, 0.15) is 22.5 Å². The highest BCUT2D eigenvalue weighted by Gasteiger charge is 2.25. The van der Waals surface area contributed by atoms with Crippen LogP contribution in [0.2, 0.25) is 5.02 Å². The molecule has 1 aromatic heterocycles. The summed E-state index contributed by atoms with van der Waals surface area (Å²) in [7, 11) is 0. The Bertz CT molecular complexity index is 714. The fourth-order valence-corrected chi connectivity index (χ4v) is 2.85. The monoisotopic (exact) mass is 349 g/mol. The molecule has 1 unspecified atom stereocenters. The number of halogens is 2. The number of carbonyl (C=O) groups is 1. The van der Waals surface area contributed by atoms with Crippen LogP contribution in [-0.4, -0.2) is 46.6 Å². The van der Waals surface area contributed by atoms with Crippen LogP contribution < -0.4 is 0 Å². The summed E-state index contributed by atoms with van der Waals surface area (Å²) in [5.41, 5.74) is 1.33. The van der Waals surface area contributed by atoms with Gasteiger partial charge in [0.05, 0.1) is 17.7 Å². The number of carbonyl (C=O) groups excluding carboxylic acids is 1. The zero-order valence-corrected chi connectivity index (χ0v) is 13.7. The van der Waals surface area contributed by atoms with E-state index in [9.17, 15) is 9.18 Å². The van der Waals surface area contributed by atoms with Gasteiger partial charge in [0.15, 0.2) is 0 Å². The van der Waals surface area contributed by atoms with E-state index in [1.165, 1.54) is 24.5 Å². The van der Waals surface area contributed by atoms with E-state index in [2.05, 4.69) is 9.97 Å². The van der Waals surface area contributed by atoms with Gasteiger partial charge in [-0.2, -0.15) is 0 Å². The first-order valence-electron chi connectivity index (χ1n) is 7.74. The lowest BCUT2D eigenvalue weighted by atomic mass is 10.1. The number of nitrogens with zero attached hydrogens (tertiary/aromatic N) is 3. The van der Waals surface area contributed by atoms with Crippen LogP contribution in [0.3, 0.4) is 0 Å². The maximum atomic E-state index is 13.2. The summed E-state index contributed by atoms with van der Waals surface area (Å²) < 4.78 is 19.0. The van der Waals surface area contributed by atoms with Gasteiger partial charge < -0.3 is 9.64 Å². The van der Waals surface area contributed by atoms with Gasteiger partial charge in [-0.3, -0.25) is 4.79 Å². The number of rotatable bonds is 4. The van der Waals surface area contributed by atoms with Crippen molar-refractivity contribution >= 4 is 17.5 Å². The number of aromatic nitrogens is 2. The molecule has 0 spiro atoms. The lowest BCUT2D eigenvalue weighted by Gasteiger charge is -2.33. The second kappa shape index (κ2) is 7.68. The van der Waals surface area contributed by atoms with E-state index in [0.29, 0.717) is 25.3 Å². The van der Waals surface area contributed by atoms with Crippen molar-refractivity contribution in [1.82, 2.24) is 14.9 Å². The molecule has 126 valence electrons. The van der Waals surface area contributed by atoms with Crippen LogP contribution in [0.5, 0.6) is 0 Å². The molecule has 0 saturated carbocycles. The number of amides is 1. The minimum atomic E-state index is -0.530. The van der Waals surface area contributed by atoms with Gasteiger partial charge in [0.2, 0.25) is 0 Å². The number of hydrogen-bond donors (Lipinski definition) is 0. The van der Waals surface area contributed by atoms with Gasteiger partial charge in [-0.15, -0.1) is 0 Å². The lowest BCUT2D eigenvalue weighted by molar-refractivity contribution is -0.0246. The van der Waals surface area contributed by atoms with Gasteiger partial charge in [-0.05, 0) is 37.1 Å². The first kappa shape index (κ1) is 16.8. The Morgan fingerprint density at radius 1 is 1.42 bits per heavy atom. The zero-order chi connectivity index (χ0) is 16.9. The van der Waals surface area contributed by atoms with Gasteiger partial charge in [0.1, 0.15) is 12.1 Å². The van der Waals surface area contributed by atoms with Gasteiger partial charge in [-0.1, -0.05) is 11.6 Å². The smallest absolute Gasteiger partial charge is 0.254 e. The van der Waals surface area contributed by atoms with Crippen molar-refractivity contribution in [1.29, 1.82) is 0 Å². The first-order valence-corrected chi connectivity index (χ1v) is 8.12. The third-order valence-corrected chi connectivity index (χ3v) is 4.25. The Hall–Kier alpha value is -2.05. The molecule has 0 aliphatic carbocycles. The molecule has 0 N–H and O–H groups in total. The molecular weight excluding hydrogens is 333 g/mol. The molecule has 3 rings (SSSR count). The van der Waals surface area contributed by atoms with Crippen LogP contribution in [-0.2, 0) is 11.2 Å². The summed E-state index contributed by atoms with van der Waals surface area (Å²) in [5.74, 6) is -0.690. The predicted molar refractivity (Wildman–Crippen MR) is 87.4 cm³/mol. The highest BCUT2D eigenvalue weighted by molar-refractivity contribution is 6.31. The predicted octanol–water partition coefficient (Wildman–Crippen LogP) is 2.74. The minimum absolute atomic E-state index is 0.0468. The van der Waals surface area contributed by atoms with Crippen molar-refractivity contribution < 1.29 is 13.9 Å². The maximum Gasteiger partial charge on any atom is 0.254 e. The molecular formula is C17H17ClFN3O2. The summed E-state index contributed by atoms with van der Waals surface area (Å²) in [6.45, 7) is 1.49. The molecule has 1 atom stereocenters. The number of hydrogen-bond acceptors (Lipinski definition) is 4. The summed E-state index contributed by atoms with van der Waals surface area (Å²) >= 11 is 5.76. The van der Waals surface area contributed by atoms with Crippen molar-refractivity contribution in [3.63, 3.8) is 0 Å². The zero-order valence-electron chi connectivity index (χ0n) is 13.0. The van der Waals surface area contributed by atoms with Crippen molar-refractivity contribution in [3.05, 3.63) is 58.9 Å². The van der Waals surface area contributed by atoms with Crippen LogP contribution in [0.15, 0.2) is 36.8 Å². The molecule has 1 aliphatic heterocycles. The van der Waals surface area contributed by atoms with Crippen LogP contribution in [0.25, 0.3) is 0 Å². The number of benzene rings is 1. The van der Waals surface area contributed by atoms with E-state index in [0.717, 1.165) is 18.5 Å². The fraction of sp³-hybridized carbons (Fsp3) is 0.353. The van der Waals surface area contributed by atoms with E-state index < -0.39 is 5.82 Å². The molecule has 0 bridgehead atoms. The number of ether oxygens (including phenoxy) is 1. The summed E-state index contributed by atoms with van der Waals surface area (Å²) in [5, 5.41) is -0.0468. The van der Waals surface area contributed by atoms with E-state index in [1.54, 1.807) is 11.1 Å². The Balaban J connectivity index is 1.60. The maximum absolute atomic E-state index is 13.2. The molecule has 2 aromatic rings. The SMILES string of the molecule is O=C(c1ccc(F)c(Cl)c1)N1CCOC(CCc2ccncn2)C1. The first-order chi connectivity index (χ1) is 11.6. The Kier molecular flexibility index (Phi) is 5.37. The Morgan fingerprint density at radius 3 is 3.04 bits per heavy atom. The third kappa shape index (κ3) is 4.07. The van der Waals surface area contributed by atoms with Crippen LogP contribution in [0, 0.1) is 5.82 Å². The molecule has 24 heavy (non-hydrogen) atoms. The molecule has 1 amide bonds. The van der Waals surface area contributed by atoms with Gasteiger partial charge in [0, 0.05) is 30.5 Å². The van der Waals surface area contributed by atoms with Crippen molar-refractivity contribution in [3.8, 4) is 0 Å².